The van der Waals surface area contributed by atoms with Crippen LogP contribution in [0.3, 0.4) is 0 Å². The number of hydrogen-bond donors (Lipinski definition) is 1. The summed E-state index contributed by atoms with van der Waals surface area (Å²) in [4.78, 5) is 12.8. The van der Waals surface area contributed by atoms with E-state index in [9.17, 15) is 13.6 Å². The topological polar surface area (TPSA) is 56.2 Å². The third-order valence-electron chi connectivity index (χ3n) is 4.59. The Balaban J connectivity index is 1.56. The van der Waals surface area contributed by atoms with Gasteiger partial charge in [0.2, 0.25) is 0 Å². The van der Waals surface area contributed by atoms with Crippen LogP contribution >= 0.6 is 0 Å². The smallest absolute Gasteiger partial charge is 0.275 e. The van der Waals surface area contributed by atoms with E-state index in [4.69, 9.17) is 4.74 Å². The Hall–Kier alpha value is -4.00. The van der Waals surface area contributed by atoms with Gasteiger partial charge in [-0.2, -0.15) is 5.10 Å². The second-order valence-corrected chi connectivity index (χ2v) is 6.85. The molecule has 0 spiro atoms. The van der Waals surface area contributed by atoms with E-state index >= 15 is 0 Å². The minimum absolute atomic E-state index is 0.0994. The fraction of sp³-hybridized carbons (Fsp3) is 0.0833. The number of rotatable bonds is 7. The van der Waals surface area contributed by atoms with Gasteiger partial charge in [-0.3, -0.25) is 4.79 Å². The molecule has 7 heteroatoms. The summed E-state index contributed by atoms with van der Waals surface area (Å²) < 4.78 is 33.7. The number of hydrogen-bond acceptors (Lipinski definition) is 3. The lowest BCUT2D eigenvalue weighted by Crippen LogP contribution is -2.24. The third kappa shape index (κ3) is 5.14. The van der Waals surface area contributed by atoms with E-state index in [0.29, 0.717) is 11.4 Å². The zero-order chi connectivity index (χ0) is 21.6. The van der Waals surface area contributed by atoms with E-state index in [1.54, 1.807) is 30.5 Å². The molecule has 0 aliphatic rings. The number of halogens is 2. The SMILES string of the molecule is O=C(NCc1ccc(F)cc1)c1nn(-c2ccc(F)cc2)cc1OCc1ccccc1. The van der Waals surface area contributed by atoms with Crippen LogP contribution in [0.2, 0.25) is 0 Å². The summed E-state index contributed by atoms with van der Waals surface area (Å²) in [6.07, 6.45) is 1.59. The molecular formula is C24H19F2N3O2. The molecule has 1 aromatic heterocycles. The van der Waals surface area contributed by atoms with Gasteiger partial charge >= 0.3 is 0 Å². The van der Waals surface area contributed by atoms with Gasteiger partial charge < -0.3 is 10.1 Å². The van der Waals surface area contributed by atoms with Crippen molar-refractivity contribution >= 4 is 5.91 Å². The quantitative estimate of drug-likeness (QED) is 0.474. The van der Waals surface area contributed by atoms with Crippen LogP contribution in [0.5, 0.6) is 5.75 Å². The molecule has 4 aromatic rings. The lowest BCUT2D eigenvalue weighted by atomic mass is 10.2. The number of amides is 1. The van der Waals surface area contributed by atoms with Crippen LogP contribution < -0.4 is 10.1 Å². The first-order chi connectivity index (χ1) is 15.1. The summed E-state index contributed by atoms with van der Waals surface area (Å²) in [5.74, 6) is -0.850. The number of ether oxygens (including phenoxy) is 1. The zero-order valence-corrected chi connectivity index (χ0v) is 16.5. The predicted molar refractivity (Wildman–Crippen MR) is 112 cm³/mol. The fourth-order valence-electron chi connectivity index (χ4n) is 2.95. The van der Waals surface area contributed by atoms with Crippen molar-refractivity contribution in [2.24, 2.45) is 0 Å². The summed E-state index contributed by atoms with van der Waals surface area (Å²) in [5, 5.41) is 7.12. The van der Waals surface area contributed by atoms with Gasteiger partial charge in [-0.25, -0.2) is 13.5 Å². The first-order valence-electron chi connectivity index (χ1n) is 9.63. The van der Waals surface area contributed by atoms with E-state index in [1.165, 1.54) is 28.9 Å². The largest absolute Gasteiger partial charge is 0.485 e. The Morgan fingerprint density at radius 2 is 1.52 bits per heavy atom. The summed E-state index contributed by atoms with van der Waals surface area (Å²) in [7, 11) is 0. The molecule has 1 heterocycles. The number of carbonyl (C=O) groups excluding carboxylic acids is 1. The van der Waals surface area contributed by atoms with E-state index in [1.807, 2.05) is 30.3 Å². The van der Waals surface area contributed by atoms with Crippen LogP contribution in [0.4, 0.5) is 8.78 Å². The molecule has 0 aliphatic heterocycles. The summed E-state index contributed by atoms with van der Waals surface area (Å²) >= 11 is 0. The molecule has 4 rings (SSSR count). The molecule has 0 saturated carbocycles. The molecule has 156 valence electrons. The summed E-state index contributed by atoms with van der Waals surface area (Å²) in [5.41, 5.74) is 2.38. The molecule has 0 fully saturated rings. The monoisotopic (exact) mass is 419 g/mol. The number of benzene rings is 3. The number of aromatic nitrogens is 2. The molecule has 31 heavy (non-hydrogen) atoms. The Kier molecular flexibility index (Phi) is 6.03. The summed E-state index contributed by atoms with van der Waals surface area (Å²) in [6, 6.07) is 21.1. The number of nitrogens with zero attached hydrogens (tertiary/aromatic N) is 2. The normalized spacial score (nSPS) is 10.6. The molecule has 0 radical (unpaired) electrons. The van der Waals surface area contributed by atoms with Crippen LogP contribution in [0.1, 0.15) is 21.6 Å². The molecule has 0 atom stereocenters. The highest BCUT2D eigenvalue weighted by Gasteiger charge is 2.19. The molecule has 1 N–H and O–H groups in total. The average Bonchev–Trinajstić information content (AvgIpc) is 3.23. The van der Waals surface area contributed by atoms with Gasteiger partial charge in [0.25, 0.3) is 5.91 Å². The van der Waals surface area contributed by atoms with Gasteiger partial charge in [0, 0.05) is 6.54 Å². The van der Waals surface area contributed by atoms with Crippen LogP contribution in [-0.2, 0) is 13.2 Å². The lowest BCUT2D eigenvalue weighted by Gasteiger charge is -2.07. The highest BCUT2D eigenvalue weighted by molar-refractivity contribution is 5.94. The first-order valence-corrected chi connectivity index (χ1v) is 9.63. The second kappa shape index (κ2) is 9.21. The van der Waals surface area contributed by atoms with E-state index in [2.05, 4.69) is 10.4 Å². The van der Waals surface area contributed by atoms with Crippen molar-refractivity contribution < 1.29 is 18.3 Å². The van der Waals surface area contributed by atoms with E-state index in [0.717, 1.165) is 11.1 Å². The fourth-order valence-corrected chi connectivity index (χ4v) is 2.95. The Morgan fingerprint density at radius 1 is 0.871 bits per heavy atom. The van der Waals surface area contributed by atoms with Crippen molar-refractivity contribution in [3.8, 4) is 11.4 Å². The van der Waals surface area contributed by atoms with Crippen LogP contribution in [-0.4, -0.2) is 15.7 Å². The Morgan fingerprint density at radius 3 is 2.19 bits per heavy atom. The molecule has 0 unspecified atom stereocenters. The van der Waals surface area contributed by atoms with Crippen molar-refractivity contribution in [2.45, 2.75) is 13.2 Å². The summed E-state index contributed by atoms with van der Waals surface area (Å²) in [6.45, 7) is 0.467. The number of carbonyl (C=O) groups is 1. The molecule has 1 amide bonds. The predicted octanol–water partition coefficient (Wildman–Crippen LogP) is 4.66. The van der Waals surface area contributed by atoms with Crippen LogP contribution in [0, 0.1) is 11.6 Å². The maximum absolute atomic E-state index is 13.3. The first kappa shape index (κ1) is 20.3. The van der Waals surface area contributed by atoms with Gasteiger partial charge in [0.15, 0.2) is 11.4 Å². The van der Waals surface area contributed by atoms with Gasteiger partial charge in [0.05, 0.1) is 11.9 Å². The maximum Gasteiger partial charge on any atom is 0.275 e. The minimum Gasteiger partial charge on any atom is -0.485 e. The van der Waals surface area contributed by atoms with Gasteiger partial charge in [-0.1, -0.05) is 42.5 Å². The maximum atomic E-state index is 13.3. The third-order valence-corrected chi connectivity index (χ3v) is 4.59. The molecule has 0 bridgehead atoms. The van der Waals surface area contributed by atoms with Crippen molar-refractivity contribution in [1.29, 1.82) is 0 Å². The van der Waals surface area contributed by atoms with Crippen LogP contribution in [0.15, 0.2) is 85.1 Å². The van der Waals surface area contributed by atoms with E-state index < -0.39 is 5.91 Å². The lowest BCUT2D eigenvalue weighted by molar-refractivity contribution is 0.0941. The van der Waals surface area contributed by atoms with Gasteiger partial charge in [-0.05, 0) is 47.5 Å². The molecule has 0 aliphatic carbocycles. The van der Waals surface area contributed by atoms with Crippen LogP contribution in [0.25, 0.3) is 5.69 Å². The van der Waals surface area contributed by atoms with Crippen molar-refractivity contribution in [1.82, 2.24) is 15.1 Å². The highest BCUT2D eigenvalue weighted by atomic mass is 19.1. The number of nitrogens with one attached hydrogen (secondary N) is 1. The van der Waals surface area contributed by atoms with Crippen molar-refractivity contribution in [3.05, 3.63) is 114 Å². The standard InChI is InChI=1S/C24H19F2N3O2/c25-19-8-6-17(7-9-19)14-27-24(30)23-22(31-16-18-4-2-1-3-5-18)15-29(28-23)21-12-10-20(26)11-13-21/h1-13,15H,14,16H2,(H,27,30). The van der Waals surface area contributed by atoms with Gasteiger partial charge in [0.1, 0.15) is 18.2 Å². The average molecular weight is 419 g/mol. The van der Waals surface area contributed by atoms with Crippen molar-refractivity contribution in [2.75, 3.05) is 0 Å². The highest BCUT2D eigenvalue weighted by Crippen LogP contribution is 2.22. The minimum atomic E-state index is -0.437. The zero-order valence-electron chi connectivity index (χ0n) is 16.5. The molecule has 3 aromatic carbocycles. The molecule has 5 nitrogen and oxygen atoms in total. The van der Waals surface area contributed by atoms with Crippen molar-refractivity contribution in [3.63, 3.8) is 0 Å². The van der Waals surface area contributed by atoms with E-state index in [-0.39, 0.29) is 30.5 Å². The molecule has 0 saturated heterocycles. The second-order valence-electron chi connectivity index (χ2n) is 6.85. The van der Waals surface area contributed by atoms with Gasteiger partial charge in [-0.15, -0.1) is 0 Å². The molecular weight excluding hydrogens is 400 g/mol. The Bertz CT molecular complexity index is 1160. The Labute approximate surface area is 177 Å².